The molecular weight excluding hydrogens is 545 g/mol. The molecule has 42 heavy (non-hydrogen) atoms. The summed E-state index contributed by atoms with van der Waals surface area (Å²) in [6.07, 6.45) is 1.73. The Kier molecular flexibility index (Phi) is 7.72. The molecule has 0 bridgehead atoms. The Balaban J connectivity index is 1.78. The first-order chi connectivity index (χ1) is 20.0. The van der Waals surface area contributed by atoms with E-state index in [4.69, 9.17) is 0 Å². The highest BCUT2D eigenvalue weighted by Gasteiger charge is 2.42. The molecule has 0 saturated carbocycles. The van der Waals surface area contributed by atoms with E-state index < -0.39 is 35.2 Å². The van der Waals surface area contributed by atoms with Crippen molar-refractivity contribution in [3.8, 4) is 11.1 Å². The van der Waals surface area contributed by atoms with Crippen molar-refractivity contribution >= 4 is 28.8 Å². The van der Waals surface area contributed by atoms with Gasteiger partial charge in [0, 0.05) is 44.5 Å². The molecule has 1 amide bonds. The van der Waals surface area contributed by atoms with E-state index in [0.717, 1.165) is 6.07 Å². The van der Waals surface area contributed by atoms with Crippen LogP contribution in [0, 0.1) is 29.8 Å². The van der Waals surface area contributed by atoms with Gasteiger partial charge in [-0.05, 0) is 44.5 Å². The third-order valence-electron chi connectivity index (χ3n) is 8.02. The lowest BCUT2D eigenvalue weighted by atomic mass is 9.96. The second-order valence-electron chi connectivity index (χ2n) is 10.8. The average Bonchev–Trinajstić information content (AvgIpc) is 3.05. The largest absolute Gasteiger partial charge is 0.387 e. The number of piperazine rings is 1. The van der Waals surface area contributed by atoms with E-state index in [1.165, 1.54) is 37.4 Å². The Morgan fingerprint density at radius 2 is 1.86 bits per heavy atom. The molecule has 3 unspecified atom stereocenters. The van der Waals surface area contributed by atoms with Gasteiger partial charge in [0.2, 0.25) is 5.91 Å². The Labute approximate surface area is 242 Å². The number of benzene rings is 2. The summed E-state index contributed by atoms with van der Waals surface area (Å²) in [5, 5.41) is 22.8. The predicted molar refractivity (Wildman–Crippen MR) is 157 cm³/mol. The molecule has 3 aromatic rings. The first-order valence-electron chi connectivity index (χ1n) is 13.7. The third-order valence-corrected chi connectivity index (χ3v) is 8.02. The predicted octanol–water partition coefficient (Wildman–Crippen LogP) is 5.13. The number of aryl methyl sites for hydroxylation is 1. The van der Waals surface area contributed by atoms with Crippen molar-refractivity contribution < 1.29 is 23.1 Å². The number of nitrogens with zero attached hydrogens (tertiary/aromatic N) is 4. The molecule has 3 heterocycles. The van der Waals surface area contributed by atoms with Gasteiger partial charge >= 0.3 is 0 Å². The highest BCUT2D eigenvalue weighted by molar-refractivity contribution is 6.09. The summed E-state index contributed by atoms with van der Waals surface area (Å²) in [7, 11) is 1.62. The number of rotatable bonds is 5. The van der Waals surface area contributed by atoms with Crippen molar-refractivity contribution in [3.05, 3.63) is 83.5 Å². The van der Waals surface area contributed by atoms with Crippen molar-refractivity contribution in [2.75, 3.05) is 36.9 Å². The monoisotopic (exact) mass is 578 g/mol. The lowest BCUT2D eigenvalue weighted by Crippen LogP contribution is -2.61. The molecule has 0 spiro atoms. The highest BCUT2D eigenvalue weighted by atomic mass is 19.1. The van der Waals surface area contributed by atoms with Crippen LogP contribution in [0.1, 0.15) is 36.8 Å². The Morgan fingerprint density at radius 1 is 1.14 bits per heavy atom. The van der Waals surface area contributed by atoms with Gasteiger partial charge in [-0.1, -0.05) is 24.8 Å². The van der Waals surface area contributed by atoms with Crippen LogP contribution in [-0.4, -0.2) is 70.4 Å². The fourth-order valence-corrected chi connectivity index (χ4v) is 5.91. The summed E-state index contributed by atoms with van der Waals surface area (Å²) in [6.45, 7) is 9.39. The van der Waals surface area contributed by atoms with Gasteiger partial charge in [-0.3, -0.25) is 15.2 Å². The van der Waals surface area contributed by atoms with Gasteiger partial charge in [0.05, 0.1) is 46.0 Å². The molecular formula is C31H33F3N6O2. The molecule has 2 aliphatic rings. The summed E-state index contributed by atoms with van der Waals surface area (Å²) in [6, 6.07) is 6.31. The van der Waals surface area contributed by atoms with E-state index in [9.17, 15) is 15.3 Å². The summed E-state index contributed by atoms with van der Waals surface area (Å²) < 4.78 is 48.4. The van der Waals surface area contributed by atoms with Crippen LogP contribution in [-0.2, 0) is 4.79 Å². The zero-order chi connectivity index (χ0) is 30.5. The molecule has 1 saturated heterocycles. The number of hydrogen-bond donors (Lipinski definition) is 3. The van der Waals surface area contributed by atoms with Crippen molar-refractivity contribution in [1.82, 2.24) is 14.8 Å². The SMILES string of the molecule is C=CC(=O)N1CC2CN(C)c3c(F)c(-c4ccccc4F)c(F)c(Nc4c(C)ccnc4C(C)O)c3C(=N)N2CC1C. The van der Waals surface area contributed by atoms with Crippen LogP contribution in [0.5, 0.6) is 0 Å². The van der Waals surface area contributed by atoms with Gasteiger partial charge in [-0.25, -0.2) is 13.2 Å². The van der Waals surface area contributed by atoms with Crippen LogP contribution in [0.3, 0.4) is 0 Å². The number of hydrogen-bond acceptors (Lipinski definition) is 6. The van der Waals surface area contributed by atoms with Gasteiger partial charge < -0.3 is 25.1 Å². The number of aliphatic hydroxyl groups is 1. The number of likely N-dealkylation sites (N-methyl/N-ethyl adjacent to an activating group) is 1. The molecule has 220 valence electrons. The summed E-state index contributed by atoms with van der Waals surface area (Å²) in [5.41, 5.74) is -0.0559. The fraction of sp³-hybridized carbons (Fsp3) is 0.323. The van der Waals surface area contributed by atoms with Crippen LogP contribution in [0.4, 0.5) is 30.2 Å². The maximum absolute atomic E-state index is 16.7. The highest BCUT2D eigenvalue weighted by Crippen LogP contribution is 2.45. The zero-order valence-corrected chi connectivity index (χ0v) is 23.9. The molecule has 3 atom stereocenters. The van der Waals surface area contributed by atoms with E-state index >= 15 is 13.2 Å². The Morgan fingerprint density at radius 3 is 2.52 bits per heavy atom. The summed E-state index contributed by atoms with van der Waals surface area (Å²) in [4.78, 5) is 21.8. The second-order valence-corrected chi connectivity index (χ2v) is 10.8. The number of anilines is 3. The van der Waals surface area contributed by atoms with E-state index in [1.54, 1.807) is 34.7 Å². The van der Waals surface area contributed by atoms with E-state index in [1.807, 2.05) is 6.92 Å². The topological polar surface area (TPSA) is 95.8 Å². The number of aromatic nitrogens is 1. The van der Waals surface area contributed by atoms with Crippen molar-refractivity contribution in [1.29, 1.82) is 5.41 Å². The maximum Gasteiger partial charge on any atom is 0.246 e. The lowest BCUT2D eigenvalue weighted by molar-refractivity contribution is -0.130. The van der Waals surface area contributed by atoms with Crippen LogP contribution in [0.25, 0.3) is 11.1 Å². The fourth-order valence-electron chi connectivity index (χ4n) is 5.91. The molecule has 0 radical (unpaired) electrons. The van der Waals surface area contributed by atoms with E-state index in [0.29, 0.717) is 11.3 Å². The minimum atomic E-state index is -1.08. The first-order valence-corrected chi connectivity index (χ1v) is 13.7. The lowest BCUT2D eigenvalue weighted by Gasteiger charge is -2.45. The van der Waals surface area contributed by atoms with Crippen LogP contribution in [0.2, 0.25) is 0 Å². The number of nitrogens with one attached hydrogen (secondary N) is 2. The number of halogens is 3. The standard InChI is InChI=1S/C31H33F3N6O2/c1-6-22(42)39-15-19-14-38(5)30-24(31(35)40(19)13-17(39)3)29(37-27-16(2)11-12-36-28(27)18(4)41)25(33)23(26(30)34)20-9-7-8-10-21(20)32/h6-12,17-19,35,37,41H,1,13-15H2,2-5H3. The molecule has 0 aliphatic carbocycles. The molecule has 3 N–H and O–H groups in total. The van der Waals surface area contributed by atoms with E-state index in [-0.39, 0.29) is 65.6 Å². The molecule has 11 heteroatoms. The molecule has 8 nitrogen and oxygen atoms in total. The zero-order valence-electron chi connectivity index (χ0n) is 23.9. The summed E-state index contributed by atoms with van der Waals surface area (Å²) in [5.74, 6) is -3.29. The van der Waals surface area contributed by atoms with Gasteiger partial charge in [-0.15, -0.1) is 0 Å². The minimum Gasteiger partial charge on any atom is -0.387 e. The quantitative estimate of drug-likeness (QED) is 0.363. The number of amides is 1. The third kappa shape index (κ3) is 4.77. The van der Waals surface area contributed by atoms with Crippen LogP contribution >= 0.6 is 0 Å². The molecule has 1 fully saturated rings. The van der Waals surface area contributed by atoms with Crippen molar-refractivity contribution in [2.24, 2.45) is 0 Å². The number of aliphatic hydroxyl groups excluding tert-OH is 1. The number of carbonyl (C=O) groups is 1. The number of carbonyl (C=O) groups excluding carboxylic acids is 1. The molecule has 2 aliphatic heterocycles. The molecule has 2 aromatic carbocycles. The van der Waals surface area contributed by atoms with Gasteiger partial charge in [0.25, 0.3) is 0 Å². The minimum absolute atomic E-state index is 0.0504. The maximum atomic E-state index is 16.7. The van der Waals surface area contributed by atoms with Crippen LogP contribution < -0.4 is 10.2 Å². The smallest absolute Gasteiger partial charge is 0.246 e. The average molecular weight is 579 g/mol. The number of fused-ring (bicyclic) bond motifs is 2. The molecule has 5 rings (SSSR count). The Bertz CT molecular complexity index is 1590. The van der Waals surface area contributed by atoms with E-state index in [2.05, 4.69) is 16.9 Å². The molecule has 1 aromatic heterocycles. The van der Waals surface area contributed by atoms with Gasteiger partial charge in [-0.2, -0.15) is 0 Å². The Hall–Kier alpha value is -4.38. The normalized spacial score (nSPS) is 19.1. The van der Waals surface area contributed by atoms with Gasteiger partial charge in [0.15, 0.2) is 11.6 Å². The van der Waals surface area contributed by atoms with Crippen molar-refractivity contribution in [3.63, 3.8) is 0 Å². The van der Waals surface area contributed by atoms with Crippen LogP contribution in [0.15, 0.2) is 49.2 Å². The number of pyridine rings is 1. The first kappa shape index (κ1) is 29.1. The summed E-state index contributed by atoms with van der Waals surface area (Å²) >= 11 is 0. The van der Waals surface area contributed by atoms with Gasteiger partial charge in [0.1, 0.15) is 11.7 Å². The number of amidine groups is 1. The van der Waals surface area contributed by atoms with Crippen molar-refractivity contribution in [2.45, 2.75) is 39.0 Å². The second kappa shape index (κ2) is 11.1.